The third kappa shape index (κ3) is 9.74. The van der Waals surface area contributed by atoms with Crippen LogP contribution in [0.4, 0.5) is 0 Å². The van der Waals surface area contributed by atoms with Crippen molar-refractivity contribution in [3.8, 4) is 17.2 Å². The first-order valence-corrected chi connectivity index (χ1v) is 24.2. The molecule has 34 heavy (non-hydrogen) atoms. The number of nitrogens with zero attached hydrogens (tertiary/aromatic N) is 1. The predicted octanol–water partition coefficient (Wildman–Crippen LogP) is 8.04. The van der Waals surface area contributed by atoms with Gasteiger partial charge in [0.05, 0.1) is 11.6 Å². The topological polar surface area (TPSA) is 51.5 Å². The van der Waals surface area contributed by atoms with Crippen molar-refractivity contribution < 1.29 is 12.3 Å². The van der Waals surface area contributed by atoms with Gasteiger partial charge in [0.1, 0.15) is 0 Å². The molecule has 186 valence electrons. The zero-order valence-corrected chi connectivity index (χ0v) is 26.6. The minimum absolute atomic E-state index is 0.687. The highest BCUT2D eigenvalue weighted by atomic mass is 28.5. The Hall–Kier alpha value is -1.32. The van der Waals surface area contributed by atoms with Crippen LogP contribution >= 0.6 is 0 Å². The summed E-state index contributed by atoms with van der Waals surface area (Å²) in [5, 5.41) is 8.99. The summed E-state index contributed by atoms with van der Waals surface area (Å²) in [4.78, 5) is 0. The molecular weight excluding hydrogens is 487 g/mol. The van der Waals surface area contributed by atoms with E-state index in [0.29, 0.717) is 5.56 Å². The standard InChI is InChI=1S/C26H43NO3Si4/c1-10-20-31(2,3)28-33(6,7)30-34(8,9)29-32(4,5)21-19-23-11-15-25(16-12-23)26-17-13-24(22-27)14-18-26/h11-18H,10,19-21H2,1-9H3. The minimum Gasteiger partial charge on any atom is -0.436 e. The van der Waals surface area contributed by atoms with E-state index in [1.807, 2.05) is 24.3 Å². The second-order valence-electron chi connectivity index (χ2n) is 11.3. The number of benzene rings is 2. The van der Waals surface area contributed by atoms with Gasteiger partial charge in [0.15, 0.2) is 16.6 Å². The van der Waals surface area contributed by atoms with Crippen molar-refractivity contribution in [2.75, 3.05) is 0 Å². The van der Waals surface area contributed by atoms with Gasteiger partial charge in [0.2, 0.25) is 0 Å². The molecule has 0 heterocycles. The van der Waals surface area contributed by atoms with Crippen LogP contribution in [0.5, 0.6) is 0 Å². The molecule has 0 saturated heterocycles. The molecule has 0 atom stereocenters. The molecule has 0 radical (unpaired) electrons. The summed E-state index contributed by atoms with van der Waals surface area (Å²) in [6.07, 6.45) is 2.17. The van der Waals surface area contributed by atoms with Gasteiger partial charge in [0.25, 0.3) is 0 Å². The number of rotatable bonds is 12. The van der Waals surface area contributed by atoms with Gasteiger partial charge < -0.3 is 12.3 Å². The highest BCUT2D eigenvalue weighted by Crippen LogP contribution is 2.28. The second kappa shape index (κ2) is 11.6. The van der Waals surface area contributed by atoms with Crippen molar-refractivity contribution in [3.05, 3.63) is 59.7 Å². The lowest BCUT2D eigenvalue weighted by molar-refractivity contribution is 0.328. The summed E-state index contributed by atoms with van der Waals surface area (Å²) in [5.41, 5.74) is 4.32. The highest BCUT2D eigenvalue weighted by molar-refractivity contribution is 6.89. The van der Waals surface area contributed by atoms with E-state index in [-0.39, 0.29) is 0 Å². The molecule has 0 bridgehead atoms. The monoisotopic (exact) mass is 529 g/mol. The molecule has 0 aliphatic rings. The van der Waals surface area contributed by atoms with Crippen LogP contribution in [-0.2, 0) is 18.8 Å². The number of hydrogen-bond acceptors (Lipinski definition) is 4. The first-order chi connectivity index (χ1) is 15.7. The molecule has 0 amide bonds. The average Bonchev–Trinajstić information content (AvgIpc) is 2.70. The van der Waals surface area contributed by atoms with Gasteiger partial charge in [-0.3, -0.25) is 0 Å². The van der Waals surface area contributed by atoms with Crippen molar-refractivity contribution in [2.24, 2.45) is 0 Å². The molecular formula is C26H43NO3Si4. The van der Waals surface area contributed by atoms with E-state index in [1.165, 1.54) is 17.2 Å². The lowest BCUT2D eigenvalue weighted by atomic mass is 10.0. The molecule has 4 nitrogen and oxygen atoms in total. The van der Waals surface area contributed by atoms with Crippen LogP contribution in [0.25, 0.3) is 11.1 Å². The molecule has 0 aromatic heterocycles. The zero-order valence-electron chi connectivity index (χ0n) is 22.6. The van der Waals surface area contributed by atoms with Gasteiger partial charge in [-0.15, -0.1) is 0 Å². The summed E-state index contributed by atoms with van der Waals surface area (Å²) in [5.74, 6) is 0. The van der Waals surface area contributed by atoms with Gasteiger partial charge in [-0.1, -0.05) is 49.7 Å². The molecule has 0 unspecified atom stereocenters. The van der Waals surface area contributed by atoms with Crippen LogP contribution in [0, 0.1) is 11.3 Å². The van der Waals surface area contributed by atoms with Crippen LogP contribution < -0.4 is 0 Å². The highest BCUT2D eigenvalue weighted by Gasteiger charge is 2.43. The van der Waals surface area contributed by atoms with E-state index in [2.05, 4.69) is 89.6 Å². The van der Waals surface area contributed by atoms with Gasteiger partial charge in [-0.2, -0.15) is 5.26 Å². The Kier molecular flexibility index (Phi) is 9.87. The number of nitriles is 1. The Labute approximate surface area is 212 Å². The molecule has 0 aliphatic carbocycles. The number of hydrogen-bond donors (Lipinski definition) is 0. The Morgan fingerprint density at radius 3 is 1.53 bits per heavy atom. The predicted molar refractivity (Wildman–Crippen MR) is 153 cm³/mol. The quantitative estimate of drug-likeness (QED) is 0.261. The molecule has 0 aliphatic heterocycles. The van der Waals surface area contributed by atoms with Crippen molar-refractivity contribution in [1.29, 1.82) is 5.26 Å². The molecule has 0 saturated carbocycles. The molecule has 0 N–H and O–H groups in total. The first kappa shape index (κ1) is 28.9. The van der Waals surface area contributed by atoms with E-state index in [9.17, 15) is 0 Å². The molecule has 0 spiro atoms. The van der Waals surface area contributed by atoms with Crippen molar-refractivity contribution >= 4 is 33.8 Å². The van der Waals surface area contributed by atoms with Crippen LogP contribution in [0.15, 0.2) is 48.5 Å². The Balaban J connectivity index is 1.95. The van der Waals surface area contributed by atoms with Crippen LogP contribution in [0.2, 0.25) is 64.5 Å². The smallest absolute Gasteiger partial charge is 0.312 e. The molecule has 8 heteroatoms. The van der Waals surface area contributed by atoms with Crippen LogP contribution in [0.3, 0.4) is 0 Å². The summed E-state index contributed by atoms with van der Waals surface area (Å²) in [7, 11) is -8.13. The second-order valence-corrected chi connectivity index (χ2v) is 27.3. The number of aryl methyl sites for hydroxylation is 1. The largest absolute Gasteiger partial charge is 0.436 e. The van der Waals surface area contributed by atoms with Gasteiger partial charge >= 0.3 is 17.1 Å². The normalized spacial score (nSPS) is 13.1. The maximum atomic E-state index is 8.99. The summed E-state index contributed by atoms with van der Waals surface area (Å²) >= 11 is 0. The Morgan fingerprint density at radius 1 is 0.647 bits per heavy atom. The van der Waals surface area contributed by atoms with E-state index in [4.69, 9.17) is 17.6 Å². The van der Waals surface area contributed by atoms with Crippen LogP contribution in [-0.4, -0.2) is 33.8 Å². The summed E-state index contributed by atoms with van der Waals surface area (Å²) < 4.78 is 20.0. The van der Waals surface area contributed by atoms with Crippen LogP contribution in [0.1, 0.15) is 24.5 Å². The average molecular weight is 530 g/mol. The summed E-state index contributed by atoms with van der Waals surface area (Å²) in [6.45, 7) is 20.2. The lowest BCUT2D eigenvalue weighted by Crippen LogP contribution is -2.56. The third-order valence-corrected chi connectivity index (χ3v) is 21.1. The fourth-order valence-corrected chi connectivity index (χ4v) is 24.1. The Morgan fingerprint density at radius 2 is 1.09 bits per heavy atom. The summed E-state index contributed by atoms with van der Waals surface area (Å²) in [6, 6.07) is 20.9. The van der Waals surface area contributed by atoms with Crippen molar-refractivity contribution in [1.82, 2.24) is 0 Å². The molecule has 2 rings (SSSR count). The van der Waals surface area contributed by atoms with Gasteiger partial charge in [-0.05, 0) is 99.7 Å². The molecule has 0 fully saturated rings. The fraction of sp³-hybridized carbons (Fsp3) is 0.500. The SMILES string of the molecule is CCC[Si](C)(C)O[Si](C)(C)O[Si](C)(C)O[Si](C)(C)CCc1ccc(-c2ccc(C#N)cc2)cc1. The van der Waals surface area contributed by atoms with Crippen molar-refractivity contribution in [3.63, 3.8) is 0 Å². The van der Waals surface area contributed by atoms with E-state index < -0.39 is 33.8 Å². The van der Waals surface area contributed by atoms with E-state index in [1.54, 1.807) is 0 Å². The van der Waals surface area contributed by atoms with Gasteiger partial charge in [-0.25, -0.2) is 0 Å². The lowest BCUT2D eigenvalue weighted by Gasteiger charge is -2.41. The van der Waals surface area contributed by atoms with E-state index in [0.717, 1.165) is 24.4 Å². The maximum absolute atomic E-state index is 8.99. The first-order valence-electron chi connectivity index (χ1n) is 12.4. The fourth-order valence-electron chi connectivity index (χ4n) is 4.71. The van der Waals surface area contributed by atoms with Gasteiger partial charge in [0, 0.05) is 0 Å². The van der Waals surface area contributed by atoms with Crippen molar-refractivity contribution in [2.45, 2.75) is 84.2 Å². The minimum atomic E-state index is -2.30. The Bertz CT molecular complexity index is 965. The zero-order chi connectivity index (χ0) is 25.6. The van der Waals surface area contributed by atoms with E-state index >= 15 is 0 Å². The molecule has 2 aromatic rings. The maximum Gasteiger partial charge on any atom is 0.312 e. The third-order valence-electron chi connectivity index (χ3n) is 5.70. The molecule has 2 aromatic carbocycles.